The van der Waals surface area contributed by atoms with Crippen molar-refractivity contribution in [3.63, 3.8) is 0 Å². The van der Waals surface area contributed by atoms with Gasteiger partial charge in [-0.3, -0.25) is 15.1 Å². The number of aromatic hydroxyl groups is 1. The summed E-state index contributed by atoms with van der Waals surface area (Å²) in [5, 5.41) is 22.6. The quantitative estimate of drug-likeness (QED) is 0.222. The molecule has 0 saturated heterocycles. The highest BCUT2D eigenvalue weighted by Gasteiger charge is 2.15. The summed E-state index contributed by atoms with van der Waals surface area (Å²) in [5.74, 6) is -0.212. The van der Waals surface area contributed by atoms with Gasteiger partial charge in [0.15, 0.2) is 0 Å². The number of pyridine rings is 2. The van der Waals surface area contributed by atoms with Gasteiger partial charge in [-0.1, -0.05) is 12.1 Å². The van der Waals surface area contributed by atoms with Crippen LogP contribution in [0.5, 0.6) is 5.75 Å². The molecule has 4 aromatic heterocycles. The average molecular weight is 508 g/mol. The summed E-state index contributed by atoms with van der Waals surface area (Å²) in [6.45, 7) is 1.57. The second-order valence-corrected chi connectivity index (χ2v) is 9.53. The minimum Gasteiger partial charge on any atom is -0.506 e. The molecular formula is C29H26FN7O. The number of aromatic nitrogens is 5. The Labute approximate surface area is 218 Å². The summed E-state index contributed by atoms with van der Waals surface area (Å²) in [5.41, 5.74) is 7.12. The number of benzene rings is 2. The van der Waals surface area contributed by atoms with Crippen molar-refractivity contribution in [2.45, 2.75) is 0 Å². The molecule has 0 bridgehead atoms. The van der Waals surface area contributed by atoms with Crippen LogP contribution in [0.15, 0.2) is 73.2 Å². The largest absolute Gasteiger partial charge is 0.506 e. The molecule has 0 radical (unpaired) electrons. The van der Waals surface area contributed by atoms with Crippen LogP contribution in [0, 0.1) is 5.82 Å². The molecule has 2 aromatic carbocycles. The van der Waals surface area contributed by atoms with Gasteiger partial charge in [0.1, 0.15) is 17.3 Å². The zero-order valence-electron chi connectivity index (χ0n) is 21.0. The van der Waals surface area contributed by atoms with E-state index in [1.54, 1.807) is 24.5 Å². The first-order chi connectivity index (χ1) is 18.4. The number of hydrogen-bond acceptors (Lipinski definition) is 6. The lowest BCUT2D eigenvalue weighted by Gasteiger charge is -2.13. The van der Waals surface area contributed by atoms with Crippen LogP contribution < -0.4 is 5.32 Å². The summed E-state index contributed by atoms with van der Waals surface area (Å²) >= 11 is 0. The predicted octanol–water partition coefficient (Wildman–Crippen LogP) is 5.65. The Balaban J connectivity index is 1.40. The molecule has 190 valence electrons. The van der Waals surface area contributed by atoms with Gasteiger partial charge in [0.2, 0.25) is 0 Å². The molecule has 0 aliphatic heterocycles. The number of likely N-dealkylation sites (N-methyl/N-ethyl adjacent to an activating group) is 1. The maximum atomic E-state index is 14.6. The third-order valence-corrected chi connectivity index (χ3v) is 6.48. The first-order valence-corrected chi connectivity index (χ1v) is 12.2. The van der Waals surface area contributed by atoms with E-state index in [1.165, 1.54) is 12.3 Å². The summed E-state index contributed by atoms with van der Waals surface area (Å²) in [6.07, 6.45) is 4.76. The van der Waals surface area contributed by atoms with Crippen LogP contribution in [0.4, 0.5) is 10.1 Å². The highest BCUT2D eigenvalue weighted by atomic mass is 19.1. The topological polar surface area (TPSA) is 106 Å². The fourth-order valence-electron chi connectivity index (χ4n) is 4.65. The number of H-pyrrole nitrogens is 2. The molecule has 8 nitrogen and oxygen atoms in total. The van der Waals surface area contributed by atoms with Crippen molar-refractivity contribution < 1.29 is 9.50 Å². The second-order valence-electron chi connectivity index (χ2n) is 9.53. The van der Waals surface area contributed by atoms with E-state index in [9.17, 15) is 9.50 Å². The van der Waals surface area contributed by atoms with Gasteiger partial charge in [-0.25, -0.2) is 4.39 Å². The van der Waals surface area contributed by atoms with Crippen LogP contribution >= 0.6 is 0 Å². The number of hydrogen-bond donors (Lipinski definition) is 4. The van der Waals surface area contributed by atoms with Crippen molar-refractivity contribution >= 4 is 27.5 Å². The number of halogens is 1. The van der Waals surface area contributed by atoms with Gasteiger partial charge in [-0.05, 0) is 67.7 Å². The van der Waals surface area contributed by atoms with E-state index in [4.69, 9.17) is 0 Å². The zero-order valence-corrected chi connectivity index (χ0v) is 21.0. The molecule has 6 rings (SSSR count). The van der Waals surface area contributed by atoms with Crippen LogP contribution in [0.3, 0.4) is 0 Å². The van der Waals surface area contributed by atoms with Crippen molar-refractivity contribution in [2.24, 2.45) is 0 Å². The minimum atomic E-state index is -0.289. The molecule has 6 aromatic rings. The fourth-order valence-corrected chi connectivity index (χ4v) is 4.65. The van der Waals surface area contributed by atoms with E-state index < -0.39 is 0 Å². The Bertz CT molecular complexity index is 1770. The molecule has 0 amide bonds. The number of fused-ring (bicyclic) bond motifs is 2. The molecule has 4 heterocycles. The Morgan fingerprint density at radius 3 is 2.68 bits per heavy atom. The van der Waals surface area contributed by atoms with E-state index >= 15 is 0 Å². The maximum absolute atomic E-state index is 14.6. The van der Waals surface area contributed by atoms with E-state index in [1.807, 2.05) is 50.5 Å². The lowest BCUT2D eigenvalue weighted by atomic mass is 10.0. The number of nitrogens with zero attached hydrogens (tertiary/aromatic N) is 4. The molecule has 0 atom stereocenters. The van der Waals surface area contributed by atoms with Crippen LogP contribution in [0.25, 0.3) is 55.6 Å². The van der Waals surface area contributed by atoms with Crippen molar-refractivity contribution in [3.05, 3.63) is 79.0 Å². The minimum absolute atomic E-state index is 0.0772. The van der Waals surface area contributed by atoms with E-state index in [0.717, 1.165) is 63.1 Å². The normalized spacial score (nSPS) is 11.6. The monoisotopic (exact) mass is 507 g/mol. The summed E-state index contributed by atoms with van der Waals surface area (Å²) in [4.78, 5) is 14.1. The molecule has 0 aliphatic rings. The number of nitrogens with one attached hydrogen (secondary N) is 3. The molecular weight excluding hydrogens is 481 g/mol. The standard InChI is InChI=1S/C29H26FN7O/c1-37(2)7-6-32-20-9-17(8-19(30)11-20)22-4-3-5-25-23(22)12-27(34-25)29-24-13-26(33-16-28(24)35-36-29)18-10-21(38)15-31-14-18/h3-5,8-16,32,34,38H,6-7H2,1-2H3,(H,35,36). The van der Waals surface area contributed by atoms with E-state index in [2.05, 4.69) is 35.4 Å². The number of anilines is 1. The highest BCUT2D eigenvalue weighted by molar-refractivity contribution is 6.01. The van der Waals surface area contributed by atoms with Crippen molar-refractivity contribution in [3.8, 4) is 39.5 Å². The Morgan fingerprint density at radius 2 is 1.84 bits per heavy atom. The molecule has 0 saturated carbocycles. The molecule has 0 aliphatic carbocycles. The summed E-state index contributed by atoms with van der Waals surface area (Å²) < 4.78 is 14.6. The summed E-state index contributed by atoms with van der Waals surface area (Å²) in [7, 11) is 4.01. The van der Waals surface area contributed by atoms with Gasteiger partial charge in [-0.2, -0.15) is 5.10 Å². The van der Waals surface area contributed by atoms with Crippen LogP contribution in [0.1, 0.15) is 0 Å². The molecule has 0 fully saturated rings. The van der Waals surface area contributed by atoms with Gasteiger partial charge < -0.3 is 20.3 Å². The lowest BCUT2D eigenvalue weighted by molar-refractivity contribution is 0.425. The third-order valence-electron chi connectivity index (χ3n) is 6.48. The SMILES string of the molecule is CN(C)CCNc1cc(F)cc(-c2cccc3[nH]c(-c4n[nH]c5cnc(-c6cncc(O)c6)cc45)cc23)c1. The van der Waals surface area contributed by atoms with Gasteiger partial charge in [0, 0.05) is 46.8 Å². The average Bonchev–Trinajstić information content (AvgIpc) is 3.51. The van der Waals surface area contributed by atoms with Crippen molar-refractivity contribution in [2.75, 3.05) is 32.5 Å². The highest BCUT2D eigenvalue weighted by Crippen LogP contribution is 2.36. The third kappa shape index (κ3) is 4.55. The first kappa shape index (κ1) is 23.6. The van der Waals surface area contributed by atoms with Gasteiger partial charge in [0.25, 0.3) is 0 Å². The second kappa shape index (κ2) is 9.60. The lowest BCUT2D eigenvalue weighted by Crippen LogP contribution is -2.20. The number of aromatic amines is 2. The van der Waals surface area contributed by atoms with Crippen molar-refractivity contribution in [1.82, 2.24) is 30.0 Å². The molecule has 38 heavy (non-hydrogen) atoms. The smallest absolute Gasteiger partial charge is 0.134 e. The Hall–Kier alpha value is -4.76. The maximum Gasteiger partial charge on any atom is 0.134 e. The molecule has 9 heteroatoms. The van der Waals surface area contributed by atoms with E-state index in [0.29, 0.717) is 11.3 Å². The molecule has 0 unspecified atom stereocenters. The van der Waals surface area contributed by atoms with Crippen LogP contribution in [0.2, 0.25) is 0 Å². The molecule has 0 spiro atoms. The first-order valence-electron chi connectivity index (χ1n) is 12.2. The number of rotatable bonds is 7. The zero-order chi connectivity index (χ0) is 26.2. The van der Waals surface area contributed by atoms with Crippen LogP contribution in [-0.4, -0.2) is 62.3 Å². The Kier molecular flexibility index (Phi) is 5.97. The van der Waals surface area contributed by atoms with Gasteiger partial charge in [0.05, 0.1) is 29.3 Å². The summed E-state index contributed by atoms with van der Waals surface area (Å²) in [6, 6.07) is 16.6. The Morgan fingerprint density at radius 1 is 0.947 bits per heavy atom. The van der Waals surface area contributed by atoms with Crippen molar-refractivity contribution in [1.29, 1.82) is 0 Å². The predicted molar refractivity (Wildman–Crippen MR) is 149 cm³/mol. The van der Waals surface area contributed by atoms with E-state index in [-0.39, 0.29) is 11.6 Å². The fraction of sp³-hybridized carbons (Fsp3) is 0.138. The molecule has 4 N–H and O–H groups in total. The van der Waals surface area contributed by atoms with Gasteiger partial charge >= 0.3 is 0 Å². The van der Waals surface area contributed by atoms with Gasteiger partial charge in [-0.15, -0.1) is 0 Å². The van der Waals surface area contributed by atoms with Crippen LogP contribution in [-0.2, 0) is 0 Å².